The highest BCUT2D eigenvalue weighted by Gasteiger charge is 2.35. The molecule has 1 aliphatic heterocycles. The van der Waals surface area contributed by atoms with Crippen LogP contribution in [0.3, 0.4) is 0 Å². The Morgan fingerprint density at radius 1 is 1.06 bits per heavy atom. The number of fused-ring (bicyclic) bond motifs is 1. The maximum Gasteiger partial charge on any atom is 0.270 e. The number of nitrogens with zero attached hydrogens (tertiary/aromatic N) is 6. The fourth-order valence-electron chi connectivity index (χ4n) is 4.77. The van der Waals surface area contributed by atoms with Crippen molar-refractivity contribution in [3.05, 3.63) is 68.0 Å². The standard InChI is InChI=1S/C25H25BrN6O/c1-15-14-32(16(2)13-31(15)17(3)18-5-7-19(26)8-6-18)24-21(12-28)25(33)30(4)22-10-9-20(11-27)29-23(22)24/h5-10,15-17H,13-14H2,1-4H3/t15?,16-,17?/m0/s1. The highest BCUT2D eigenvalue weighted by molar-refractivity contribution is 9.10. The first kappa shape index (κ1) is 23.0. The Labute approximate surface area is 201 Å². The second-order valence-electron chi connectivity index (χ2n) is 8.65. The first-order valence-electron chi connectivity index (χ1n) is 10.9. The molecular weight excluding hydrogens is 480 g/mol. The number of hydrogen-bond donors (Lipinski definition) is 0. The summed E-state index contributed by atoms with van der Waals surface area (Å²) in [5, 5.41) is 19.3. The minimum absolute atomic E-state index is 0.0362. The van der Waals surface area contributed by atoms with Crippen LogP contribution in [0, 0.1) is 22.7 Å². The molecule has 4 rings (SSSR count). The molecule has 1 aliphatic rings. The zero-order chi connectivity index (χ0) is 23.9. The Hall–Kier alpha value is -3.20. The van der Waals surface area contributed by atoms with E-state index in [1.807, 2.05) is 0 Å². The van der Waals surface area contributed by atoms with Crippen LogP contribution in [0.15, 0.2) is 45.7 Å². The number of hydrogen-bond acceptors (Lipinski definition) is 6. The van der Waals surface area contributed by atoms with Crippen LogP contribution in [0.2, 0.25) is 0 Å². The summed E-state index contributed by atoms with van der Waals surface area (Å²) in [5.41, 5.74) is 2.87. The molecule has 0 radical (unpaired) electrons. The van der Waals surface area contributed by atoms with E-state index in [4.69, 9.17) is 0 Å². The number of halogens is 1. The van der Waals surface area contributed by atoms with Gasteiger partial charge in [0.15, 0.2) is 0 Å². The average Bonchev–Trinajstić information content (AvgIpc) is 2.82. The number of piperazine rings is 1. The SMILES string of the molecule is CC1CN(c2c(C#N)c(=O)n(C)c3ccc(C#N)nc23)[C@@H](C)CN1C(C)c1ccc(Br)cc1. The van der Waals surface area contributed by atoms with Gasteiger partial charge in [0.25, 0.3) is 5.56 Å². The molecular formula is C25H25BrN6O. The first-order chi connectivity index (χ1) is 15.8. The molecule has 0 spiro atoms. The maximum atomic E-state index is 13.0. The van der Waals surface area contributed by atoms with Crippen molar-refractivity contribution in [2.75, 3.05) is 18.0 Å². The van der Waals surface area contributed by atoms with Crippen LogP contribution in [0.1, 0.15) is 43.6 Å². The Morgan fingerprint density at radius 3 is 2.39 bits per heavy atom. The predicted octanol–water partition coefficient (Wildman–Crippen LogP) is 4.10. The lowest BCUT2D eigenvalue weighted by molar-refractivity contribution is 0.119. The number of nitriles is 2. The van der Waals surface area contributed by atoms with Gasteiger partial charge in [0.1, 0.15) is 28.9 Å². The first-order valence-corrected chi connectivity index (χ1v) is 11.7. The third-order valence-electron chi connectivity index (χ3n) is 6.61. The molecule has 3 aromatic rings. The lowest BCUT2D eigenvalue weighted by atomic mass is 9.99. The third-order valence-corrected chi connectivity index (χ3v) is 7.14. The van der Waals surface area contributed by atoms with E-state index >= 15 is 0 Å². The summed E-state index contributed by atoms with van der Waals surface area (Å²) >= 11 is 3.50. The Bertz CT molecular complexity index is 1350. The summed E-state index contributed by atoms with van der Waals surface area (Å²) < 4.78 is 2.49. The van der Waals surface area contributed by atoms with Gasteiger partial charge in [-0.2, -0.15) is 10.5 Å². The summed E-state index contributed by atoms with van der Waals surface area (Å²) in [4.78, 5) is 22.1. The smallest absolute Gasteiger partial charge is 0.270 e. The van der Waals surface area contributed by atoms with Gasteiger partial charge < -0.3 is 9.47 Å². The lowest BCUT2D eigenvalue weighted by Gasteiger charge is -2.48. The van der Waals surface area contributed by atoms with Crippen LogP contribution in [-0.4, -0.2) is 39.6 Å². The zero-order valence-corrected chi connectivity index (χ0v) is 20.7. The molecule has 3 heterocycles. The van der Waals surface area contributed by atoms with Crippen LogP contribution < -0.4 is 10.5 Å². The topological polar surface area (TPSA) is 88.9 Å². The Balaban J connectivity index is 1.78. The Kier molecular flexibility index (Phi) is 6.25. The molecule has 0 saturated carbocycles. The molecule has 168 valence electrons. The monoisotopic (exact) mass is 504 g/mol. The van der Waals surface area contributed by atoms with Gasteiger partial charge in [0.2, 0.25) is 0 Å². The molecule has 1 aromatic carbocycles. The number of pyridine rings is 2. The van der Waals surface area contributed by atoms with E-state index in [1.54, 1.807) is 19.2 Å². The molecule has 2 unspecified atom stereocenters. The second-order valence-corrected chi connectivity index (χ2v) is 9.57. The van der Waals surface area contributed by atoms with Crippen LogP contribution in [-0.2, 0) is 7.05 Å². The van der Waals surface area contributed by atoms with E-state index in [0.29, 0.717) is 23.3 Å². The van der Waals surface area contributed by atoms with E-state index in [9.17, 15) is 15.3 Å². The largest absolute Gasteiger partial charge is 0.363 e. The van der Waals surface area contributed by atoms with E-state index in [2.05, 4.69) is 87.9 Å². The van der Waals surface area contributed by atoms with Gasteiger partial charge in [0, 0.05) is 42.7 Å². The van der Waals surface area contributed by atoms with Gasteiger partial charge in [-0.3, -0.25) is 9.69 Å². The quantitative estimate of drug-likeness (QED) is 0.533. The fourth-order valence-corrected chi connectivity index (χ4v) is 5.04. The molecule has 7 nitrogen and oxygen atoms in total. The molecule has 2 aromatic heterocycles. The van der Waals surface area contributed by atoms with Crippen molar-refractivity contribution in [1.29, 1.82) is 10.5 Å². The normalized spacial score (nSPS) is 19.8. The highest BCUT2D eigenvalue weighted by atomic mass is 79.9. The summed E-state index contributed by atoms with van der Waals surface area (Å²) in [5.74, 6) is 0. The van der Waals surface area contributed by atoms with Gasteiger partial charge in [-0.05, 0) is 50.6 Å². The van der Waals surface area contributed by atoms with Crippen LogP contribution in [0.25, 0.3) is 11.0 Å². The fraction of sp³-hybridized carbons (Fsp3) is 0.360. The molecule has 0 amide bonds. The third kappa shape index (κ3) is 4.01. The van der Waals surface area contributed by atoms with Gasteiger partial charge >= 0.3 is 0 Å². The van der Waals surface area contributed by atoms with Gasteiger partial charge in [-0.15, -0.1) is 0 Å². The van der Waals surface area contributed by atoms with E-state index < -0.39 is 0 Å². The maximum absolute atomic E-state index is 13.0. The predicted molar refractivity (Wildman–Crippen MR) is 132 cm³/mol. The number of benzene rings is 1. The van der Waals surface area contributed by atoms with Crippen molar-refractivity contribution in [2.24, 2.45) is 7.05 Å². The average molecular weight is 505 g/mol. The summed E-state index contributed by atoms with van der Waals surface area (Å²) in [7, 11) is 1.63. The van der Waals surface area contributed by atoms with E-state index in [1.165, 1.54) is 10.1 Å². The minimum atomic E-state index is -0.350. The molecule has 0 N–H and O–H groups in total. The second kappa shape index (κ2) is 8.97. The van der Waals surface area contributed by atoms with Crippen molar-refractivity contribution in [3.63, 3.8) is 0 Å². The molecule has 1 saturated heterocycles. The lowest BCUT2D eigenvalue weighted by Crippen LogP contribution is -2.57. The molecule has 33 heavy (non-hydrogen) atoms. The van der Waals surface area contributed by atoms with Crippen molar-refractivity contribution < 1.29 is 0 Å². The molecule has 0 bridgehead atoms. The number of rotatable bonds is 3. The number of anilines is 1. The molecule has 3 atom stereocenters. The van der Waals surface area contributed by atoms with E-state index in [-0.39, 0.29) is 34.9 Å². The summed E-state index contributed by atoms with van der Waals surface area (Å²) in [6, 6.07) is 16.3. The molecule has 1 fully saturated rings. The highest BCUT2D eigenvalue weighted by Crippen LogP contribution is 2.34. The Morgan fingerprint density at radius 2 is 1.76 bits per heavy atom. The van der Waals surface area contributed by atoms with Crippen molar-refractivity contribution >= 4 is 32.7 Å². The number of aryl methyl sites for hydroxylation is 1. The van der Waals surface area contributed by atoms with Gasteiger partial charge in [-0.25, -0.2) is 4.98 Å². The molecule has 0 aliphatic carbocycles. The van der Waals surface area contributed by atoms with E-state index in [0.717, 1.165) is 11.0 Å². The van der Waals surface area contributed by atoms with Crippen LogP contribution in [0.4, 0.5) is 5.69 Å². The number of aromatic nitrogens is 2. The molecule has 8 heteroatoms. The zero-order valence-electron chi connectivity index (χ0n) is 19.1. The van der Waals surface area contributed by atoms with Gasteiger partial charge in [-0.1, -0.05) is 28.1 Å². The van der Waals surface area contributed by atoms with Crippen molar-refractivity contribution in [1.82, 2.24) is 14.5 Å². The minimum Gasteiger partial charge on any atom is -0.363 e. The van der Waals surface area contributed by atoms with Crippen LogP contribution >= 0.6 is 15.9 Å². The van der Waals surface area contributed by atoms with Crippen molar-refractivity contribution in [3.8, 4) is 12.1 Å². The van der Waals surface area contributed by atoms with Crippen molar-refractivity contribution in [2.45, 2.75) is 38.9 Å². The van der Waals surface area contributed by atoms with Crippen LogP contribution in [0.5, 0.6) is 0 Å². The summed E-state index contributed by atoms with van der Waals surface area (Å²) in [6.45, 7) is 7.87. The summed E-state index contributed by atoms with van der Waals surface area (Å²) in [6.07, 6.45) is 0. The van der Waals surface area contributed by atoms with Gasteiger partial charge in [0.05, 0.1) is 11.2 Å².